The summed E-state index contributed by atoms with van der Waals surface area (Å²) in [6.07, 6.45) is -5.97. The first-order valence-electron chi connectivity index (χ1n) is 6.44. The number of aliphatic hydroxyl groups excluding tert-OH is 1. The molecule has 1 rings (SSSR count). The predicted molar refractivity (Wildman–Crippen MR) is 70.8 cm³/mol. The van der Waals surface area contributed by atoms with Crippen LogP contribution in [0.2, 0.25) is 0 Å². The minimum Gasteiger partial charge on any atom is -0.491 e. The van der Waals surface area contributed by atoms with Crippen LogP contribution in [0.4, 0.5) is 13.2 Å². The van der Waals surface area contributed by atoms with E-state index in [1.165, 1.54) is 6.92 Å². The summed E-state index contributed by atoms with van der Waals surface area (Å²) in [6, 6.07) is 6.62. The average Bonchev–Trinajstić information content (AvgIpc) is 2.33. The molecule has 0 radical (unpaired) electrons. The molecule has 2 atom stereocenters. The van der Waals surface area contributed by atoms with Crippen molar-refractivity contribution in [3.63, 3.8) is 0 Å². The largest absolute Gasteiger partial charge is 0.491 e. The van der Waals surface area contributed by atoms with E-state index in [0.717, 1.165) is 5.56 Å². The zero-order valence-electron chi connectivity index (χ0n) is 11.6. The van der Waals surface area contributed by atoms with Gasteiger partial charge in [-0.1, -0.05) is 18.2 Å². The van der Waals surface area contributed by atoms with Gasteiger partial charge in [0.15, 0.2) is 0 Å². The van der Waals surface area contributed by atoms with Crippen molar-refractivity contribution >= 4 is 0 Å². The number of aliphatic hydroxyl groups is 1. The van der Waals surface area contributed by atoms with Gasteiger partial charge < -0.3 is 15.2 Å². The fourth-order valence-electron chi connectivity index (χ4n) is 1.72. The third-order valence-corrected chi connectivity index (χ3v) is 2.76. The molecule has 0 bridgehead atoms. The molecule has 0 spiro atoms. The summed E-state index contributed by atoms with van der Waals surface area (Å²) in [5.74, 6) is 0.662. The van der Waals surface area contributed by atoms with E-state index < -0.39 is 24.7 Å². The zero-order chi connectivity index (χ0) is 15.2. The summed E-state index contributed by atoms with van der Waals surface area (Å²) in [7, 11) is 0. The van der Waals surface area contributed by atoms with E-state index in [1.54, 1.807) is 6.07 Å². The topological polar surface area (TPSA) is 41.5 Å². The van der Waals surface area contributed by atoms with Crippen molar-refractivity contribution < 1.29 is 23.0 Å². The van der Waals surface area contributed by atoms with Crippen molar-refractivity contribution in [1.29, 1.82) is 0 Å². The summed E-state index contributed by atoms with van der Waals surface area (Å²) < 4.78 is 41.8. The molecule has 0 aliphatic heterocycles. The van der Waals surface area contributed by atoms with E-state index in [9.17, 15) is 18.3 Å². The van der Waals surface area contributed by atoms with E-state index in [4.69, 9.17) is 4.74 Å². The van der Waals surface area contributed by atoms with E-state index in [2.05, 4.69) is 5.32 Å². The second kappa shape index (κ2) is 7.50. The van der Waals surface area contributed by atoms with Gasteiger partial charge in [-0.15, -0.1) is 0 Å². The highest BCUT2D eigenvalue weighted by atomic mass is 19.4. The van der Waals surface area contributed by atoms with E-state index in [1.807, 2.05) is 25.1 Å². The Hall–Kier alpha value is -1.27. The van der Waals surface area contributed by atoms with Crippen LogP contribution in [0.3, 0.4) is 0 Å². The van der Waals surface area contributed by atoms with Crippen LogP contribution in [0, 0.1) is 6.92 Å². The molecule has 0 amide bonds. The third kappa shape index (κ3) is 6.77. The molecule has 0 heterocycles. The van der Waals surface area contributed by atoms with Gasteiger partial charge in [0.05, 0.1) is 6.42 Å². The zero-order valence-corrected chi connectivity index (χ0v) is 11.6. The van der Waals surface area contributed by atoms with E-state index >= 15 is 0 Å². The van der Waals surface area contributed by atoms with Gasteiger partial charge in [0, 0.05) is 12.6 Å². The minimum absolute atomic E-state index is 0.0383. The molecule has 1 aromatic carbocycles. The van der Waals surface area contributed by atoms with Gasteiger partial charge in [0.1, 0.15) is 18.5 Å². The van der Waals surface area contributed by atoms with Crippen LogP contribution in [0.25, 0.3) is 0 Å². The van der Waals surface area contributed by atoms with Crippen molar-refractivity contribution in [3.05, 3.63) is 29.8 Å². The van der Waals surface area contributed by atoms with Gasteiger partial charge in [-0.25, -0.2) is 0 Å². The van der Waals surface area contributed by atoms with E-state index in [0.29, 0.717) is 5.75 Å². The second-order valence-electron chi connectivity index (χ2n) is 4.86. The fraction of sp³-hybridized carbons (Fsp3) is 0.571. The van der Waals surface area contributed by atoms with Crippen molar-refractivity contribution in [2.24, 2.45) is 0 Å². The molecule has 1 aromatic rings. The standard InChI is InChI=1S/C14H20F3NO2/c1-10-5-3-4-6-13(10)20-9-12(19)8-18-11(2)7-14(15,16)17/h3-6,11-12,18-19H,7-9H2,1-2H3. The number of hydrogen-bond acceptors (Lipinski definition) is 3. The molecule has 3 nitrogen and oxygen atoms in total. The number of aryl methyl sites for hydroxylation is 1. The van der Waals surface area contributed by atoms with Gasteiger partial charge in [-0.05, 0) is 25.5 Å². The maximum Gasteiger partial charge on any atom is 0.390 e. The van der Waals surface area contributed by atoms with Crippen LogP contribution >= 0.6 is 0 Å². The first-order valence-corrected chi connectivity index (χ1v) is 6.44. The molecule has 0 fully saturated rings. The van der Waals surface area contributed by atoms with Gasteiger partial charge >= 0.3 is 6.18 Å². The van der Waals surface area contributed by atoms with Gasteiger partial charge in [0.2, 0.25) is 0 Å². The Kier molecular flexibility index (Phi) is 6.29. The molecule has 0 saturated carbocycles. The lowest BCUT2D eigenvalue weighted by molar-refractivity contribution is -0.139. The highest BCUT2D eigenvalue weighted by Crippen LogP contribution is 2.21. The summed E-state index contributed by atoms with van der Waals surface area (Å²) in [5.41, 5.74) is 0.943. The normalized spacial score (nSPS) is 14.9. The maximum atomic E-state index is 12.1. The summed E-state index contributed by atoms with van der Waals surface area (Å²) >= 11 is 0. The van der Waals surface area contributed by atoms with Gasteiger partial charge in [-0.2, -0.15) is 13.2 Å². The van der Waals surface area contributed by atoms with Crippen LogP contribution in [0.5, 0.6) is 5.75 Å². The lowest BCUT2D eigenvalue weighted by Crippen LogP contribution is -2.38. The van der Waals surface area contributed by atoms with Crippen LogP contribution < -0.4 is 10.1 Å². The molecular weight excluding hydrogens is 271 g/mol. The highest BCUT2D eigenvalue weighted by Gasteiger charge is 2.29. The molecule has 114 valence electrons. The van der Waals surface area contributed by atoms with Crippen LogP contribution in [-0.4, -0.2) is 36.6 Å². The lowest BCUT2D eigenvalue weighted by Gasteiger charge is -2.19. The maximum absolute atomic E-state index is 12.1. The summed E-state index contributed by atoms with van der Waals surface area (Å²) in [5, 5.41) is 12.3. The molecule has 20 heavy (non-hydrogen) atoms. The molecule has 2 N–H and O–H groups in total. The molecule has 0 aliphatic rings. The van der Waals surface area contributed by atoms with Crippen LogP contribution in [-0.2, 0) is 0 Å². The number of nitrogens with one attached hydrogen (secondary N) is 1. The third-order valence-electron chi connectivity index (χ3n) is 2.76. The Morgan fingerprint density at radius 1 is 1.30 bits per heavy atom. The predicted octanol–water partition coefficient (Wildman–Crippen LogP) is 2.67. The lowest BCUT2D eigenvalue weighted by atomic mass is 10.2. The quantitative estimate of drug-likeness (QED) is 0.811. The molecule has 2 unspecified atom stereocenters. The number of ether oxygens (including phenoxy) is 1. The number of para-hydroxylation sites is 1. The summed E-state index contributed by atoms with van der Waals surface area (Å²) in [6.45, 7) is 3.41. The van der Waals surface area contributed by atoms with Crippen molar-refractivity contribution in [2.45, 2.75) is 38.6 Å². The van der Waals surface area contributed by atoms with Crippen molar-refractivity contribution in [1.82, 2.24) is 5.32 Å². The molecular formula is C14H20F3NO2. The van der Waals surface area contributed by atoms with E-state index in [-0.39, 0.29) is 13.2 Å². The average molecular weight is 291 g/mol. The van der Waals surface area contributed by atoms with Crippen LogP contribution in [0.15, 0.2) is 24.3 Å². The SMILES string of the molecule is Cc1ccccc1OCC(O)CNC(C)CC(F)(F)F. The summed E-state index contributed by atoms with van der Waals surface area (Å²) in [4.78, 5) is 0. The number of benzene rings is 1. The monoisotopic (exact) mass is 291 g/mol. The number of halogens is 3. The second-order valence-corrected chi connectivity index (χ2v) is 4.86. The number of alkyl halides is 3. The van der Waals surface area contributed by atoms with Gasteiger partial charge in [0.25, 0.3) is 0 Å². The van der Waals surface area contributed by atoms with Gasteiger partial charge in [-0.3, -0.25) is 0 Å². The first-order chi connectivity index (χ1) is 9.28. The molecule has 0 saturated heterocycles. The van der Waals surface area contributed by atoms with Crippen LogP contribution in [0.1, 0.15) is 18.9 Å². The van der Waals surface area contributed by atoms with Crippen molar-refractivity contribution in [3.8, 4) is 5.75 Å². The Bertz CT molecular complexity index is 410. The Labute approximate surface area is 116 Å². The molecule has 0 aliphatic carbocycles. The fourth-order valence-corrected chi connectivity index (χ4v) is 1.72. The highest BCUT2D eigenvalue weighted by molar-refractivity contribution is 5.31. The molecule has 0 aromatic heterocycles. The Balaban J connectivity index is 2.27. The Morgan fingerprint density at radius 2 is 1.95 bits per heavy atom. The van der Waals surface area contributed by atoms with Crippen molar-refractivity contribution in [2.75, 3.05) is 13.2 Å². The smallest absolute Gasteiger partial charge is 0.390 e. The first kappa shape index (κ1) is 16.8. The number of hydrogen-bond donors (Lipinski definition) is 2. The molecule has 6 heteroatoms. The Morgan fingerprint density at radius 3 is 2.55 bits per heavy atom. The minimum atomic E-state index is -4.20. The number of rotatable bonds is 7.